The predicted molar refractivity (Wildman–Crippen MR) is 50.7 cm³/mol. The summed E-state index contributed by atoms with van der Waals surface area (Å²) in [5.74, 6) is 0.449. The maximum atomic E-state index is 5.70. The van der Waals surface area contributed by atoms with Gasteiger partial charge in [0.05, 0.1) is 12.6 Å². The highest BCUT2D eigenvalue weighted by molar-refractivity contribution is 7.11. The van der Waals surface area contributed by atoms with Crippen molar-refractivity contribution >= 4 is 11.3 Å². The molecule has 1 aromatic heterocycles. The zero-order chi connectivity index (χ0) is 9.26. The van der Waals surface area contributed by atoms with Gasteiger partial charge in [-0.05, 0) is 13.3 Å². The minimum absolute atomic E-state index is 0.00595. The lowest BCUT2D eigenvalue weighted by Gasteiger charge is -1.99. The van der Waals surface area contributed by atoms with Crippen LogP contribution in [0.4, 0.5) is 0 Å². The zero-order valence-electron chi connectivity index (χ0n) is 7.56. The van der Waals surface area contributed by atoms with E-state index in [1.807, 2.05) is 6.92 Å². The molecule has 4 nitrogen and oxygen atoms in total. The first kappa shape index (κ1) is 9.05. The first-order valence-electron chi connectivity index (χ1n) is 4.44. The molecule has 2 heterocycles. The maximum Gasteiger partial charge on any atom is 0.133 e. The second-order valence-corrected chi connectivity index (χ2v) is 4.37. The SMILES string of the molecule is CC(N)c1nnc(C2CCOC2)s1. The van der Waals surface area contributed by atoms with Gasteiger partial charge in [0.15, 0.2) is 0 Å². The Morgan fingerprint density at radius 3 is 3.00 bits per heavy atom. The maximum absolute atomic E-state index is 5.70. The first-order chi connectivity index (χ1) is 6.27. The highest BCUT2D eigenvalue weighted by Crippen LogP contribution is 2.28. The Bertz CT molecular complexity index is 281. The molecule has 1 saturated heterocycles. The lowest BCUT2D eigenvalue weighted by atomic mass is 10.1. The van der Waals surface area contributed by atoms with Crippen molar-refractivity contribution in [1.29, 1.82) is 0 Å². The van der Waals surface area contributed by atoms with Crippen LogP contribution in [0.5, 0.6) is 0 Å². The van der Waals surface area contributed by atoms with Crippen LogP contribution in [0.1, 0.15) is 35.3 Å². The summed E-state index contributed by atoms with van der Waals surface area (Å²) < 4.78 is 5.29. The number of hydrogen-bond acceptors (Lipinski definition) is 5. The van der Waals surface area contributed by atoms with Crippen LogP contribution in [0.25, 0.3) is 0 Å². The molecule has 0 aliphatic carbocycles. The fourth-order valence-electron chi connectivity index (χ4n) is 1.32. The molecule has 1 aliphatic heterocycles. The summed E-state index contributed by atoms with van der Waals surface area (Å²) >= 11 is 1.61. The molecule has 1 aliphatic rings. The van der Waals surface area contributed by atoms with Crippen LogP contribution in [-0.2, 0) is 4.74 Å². The Morgan fingerprint density at radius 2 is 2.46 bits per heavy atom. The summed E-state index contributed by atoms with van der Waals surface area (Å²) in [6.07, 6.45) is 1.06. The molecule has 0 spiro atoms. The molecular formula is C8H13N3OS. The molecule has 0 amide bonds. The number of rotatable bonds is 2. The molecular weight excluding hydrogens is 186 g/mol. The second-order valence-electron chi connectivity index (χ2n) is 3.33. The number of ether oxygens (including phenoxy) is 1. The standard InChI is InChI=1S/C8H13N3OS/c1-5(9)7-10-11-8(13-7)6-2-3-12-4-6/h5-6H,2-4,9H2,1H3. The van der Waals surface area contributed by atoms with Gasteiger partial charge in [0.25, 0.3) is 0 Å². The van der Waals surface area contributed by atoms with Crippen LogP contribution >= 0.6 is 11.3 Å². The lowest BCUT2D eigenvalue weighted by molar-refractivity contribution is 0.194. The largest absolute Gasteiger partial charge is 0.381 e. The summed E-state index contributed by atoms with van der Waals surface area (Å²) in [7, 11) is 0. The monoisotopic (exact) mass is 199 g/mol. The van der Waals surface area contributed by atoms with Gasteiger partial charge in [0.1, 0.15) is 10.0 Å². The van der Waals surface area contributed by atoms with E-state index in [0.717, 1.165) is 29.6 Å². The van der Waals surface area contributed by atoms with E-state index in [4.69, 9.17) is 10.5 Å². The number of nitrogens with two attached hydrogens (primary N) is 1. The van der Waals surface area contributed by atoms with E-state index in [9.17, 15) is 0 Å². The Labute approximate surface area is 81.1 Å². The summed E-state index contributed by atoms with van der Waals surface area (Å²) in [6, 6.07) is -0.00595. The summed E-state index contributed by atoms with van der Waals surface area (Å²) in [5, 5.41) is 10.2. The van der Waals surface area contributed by atoms with E-state index in [1.165, 1.54) is 0 Å². The van der Waals surface area contributed by atoms with Gasteiger partial charge >= 0.3 is 0 Å². The molecule has 13 heavy (non-hydrogen) atoms. The van der Waals surface area contributed by atoms with Crippen molar-refractivity contribution in [2.24, 2.45) is 5.73 Å². The van der Waals surface area contributed by atoms with Gasteiger partial charge in [0, 0.05) is 12.5 Å². The van der Waals surface area contributed by atoms with Crippen molar-refractivity contribution < 1.29 is 4.74 Å². The van der Waals surface area contributed by atoms with Gasteiger partial charge in [-0.15, -0.1) is 10.2 Å². The molecule has 0 bridgehead atoms. The van der Waals surface area contributed by atoms with Crippen molar-refractivity contribution in [3.05, 3.63) is 10.0 Å². The highest BCUT2D eigenvalue weighted by Gasteiger charge is 2.22. The molecule has 2 unspecified atom stereocenters. The van der Waals surface area contributed by atoms with Gasteiger partial charge in [-0.2, -0.15) is 0 Å². The van der Waals surface area contributed by atoms with E-state index in [1.54, 1.807) is 11.3 Å². The smallest absolute Gasteiger partial charge is 0.133 e. The molecule has 2 N–H and O–H groups in total. The van der Waals surface area contributed by atoms with Gasteiger partial charge in [-0.25, -0.2) is 0 Å². The summed E-state index contributed by atoms with van der Waals surface area (Å²) in [5.41, 5.74) is 5.70. The van der Waals surface area contributed by atoms with Crippen molar-refractivity contribution in [2.45, 2.75) is 25.3 Å². The van der Waals surface area contributed by atoms with E-state index >= 15 is 0 Å². The average molecular weight is 199 g/mol. The van der Waals surface area contributed by atoms with Crippen LogP contribution in [0.3, 0.4) is 0 Å². The second kappa shape index (κ2) is 3.69. The molecule has 2 rings (SSSR count). The van der Waals surface area contributed by atoms with Crippen LogP contribution in [-0.4, -0.2) is 23.4 Å². The Balaban J connectivity index is 2.12. The minimum atomic E-state index is -0.00595. The lowest BCUT2D eigenvalue weighted by Crippen LogP contribution is -2.03. The molecule has 0 saturated carbocycles. The third-order valence-electron chi connectivity index (χ3n) is 2.12. The fourth-order valence-corrected chi connectivity index (χ4v) is 2.24. The van der Waals surface area contributed by atoms with Crippen molar-refractivity contribution in [2.75, 3.05) is 13.2 Å². The van der Waals surface area contributed by atoms with Crippen LogP contribution in [0.15, 0.2) is 0 Å². The van der Waals surface area contributed by atoms with Crippen molar-refractivity contribution in [3.63, 3.8) is 0 Å². The normalized spacial score (nSPS) is 24.9. The quantitative estimate of drug-likeness (QED) is 0.773. The molecule has 72 valence electrons. The Hall–Kier alpha value is -0.520. The molecule has 2 atom stereocenters. The third kappa shape index (κ3) is 1.87. The van der Waals surface area contributed by atoms with E-state index in [0.29, 0.717) is 5.92 Å². The van der Waals surface area contributed by atoms with E-state index in [2.05, 4.69) is 10.2 Å². The Morgan fingerprint density at radius 1 is 1.62 bits per heavy atom. The van der Waals surface area contributed by atoms with Gasteiger partial charge < -0.3 is 10.5 Å². The molecule has 0 radical (unpaired) electrons. The Kier molecular flexibility index (Phi) is 2.57. The summed E-state index contributed by atoms with van der Waals surface area (Å²) in [6.45, 7) is 3.56. The predicted octanol–water partition coefficient (Wildman–Crippen LogP) is 1.06. The number of hydrogen-bond donors (Lipinski definition) is 1. The van der Waals surface area contributed by atoms with Crippen LogP contribution in [0.2, 0.25) is 0 Å². The van der Waals surface area contributed by atoms with Gasteiger partial charge in [-0.3, -0.25) is 0 Å². The first-order valence-corrected chi connectivity index (χ1v) is 5.25. The average Bonchev–Trinajstić information content (AvgIpc) is 2.75. The van der Waals surface area contributed by atoms with Gasteiger partial charge in [0.2, 0.25) is 0 Å². The molecule has 5 heteroatoms. The summed E-state index contributed by atoms with van der Waals surface area (Å²) in [4.78, 5) is 0. The minimum Gasteiger partial charge on any atom is -0.381 e. The highest BCUT2D eigenvalue weighted by atomic mass is 32.1. The molecule has 0 aromatic carbocycles. The van der Waals surface area contributed by atoms with Crippen LogP contribution < -0.4 is 5.73 Å². The number of nitrogens with zero attached hydrogens (tertiary/aromatic N) is 2. The zero-order valence-corrected chi connectivity index (χ0v) is 8.38. The third-order valence-corrected chi connectivity index (χ3v) is 3.41. The van der Waals surface area contributed by atoms with Crippen LogP contribution in [0, 0.1) is 0 Å². The number of aromatic nitrogens is 2. The molecule has 1 fully saturated rings. The van der Waals surface area contributed by atoms with Gasteiger partial charge in [-0.1, -0.05) is 11.3 Å². The van der Waals surface area contributed by atoms with E-state index < -0.39 is 0 Å². The van der Waals surface area contributed by atoms with Crippen molar-refractivity contribution in [1.82, 2.24) is 10.2 Å². The van der Waals surface area contributed by atoms with E-state index in [-0.39, 0.29) is 6.04 Å². The topological polar surface area (TPSA) is 61.0 Å². The van der Waals surface area contributed by atoms with Crippen molar-refractivity contribution in [3.8, 4) is 0 Å². The molecule has 1 aromatic rings. The fraction of sp³-hybridized carbons (Fsp3) is 0.750.